The summed E-state index contributed by atoms with van der Waals surface area (Å²) in [7, 11) is 0. The topological polar surface area (TPSA) is 17.1 Å². The van der Waals surface area contributed by atoms with E-state index >= 15 is 0 Å². The Kier molecular flexibility index (Phi) is 2.87. The van der Waals surface area contributed by atoms with Crippen LogP contribution in [0.15, 0.2) is 0 Å². The quantitative estimate of drug-likeness (QED) is 0.623. The molecule has 1 nitrogen and oxygen atoms in total. The zero-order valence-corrected chi connectivity index (χ0v) is 9.03. The molecule has 1 aliphatic rings. The first kappa shape index (κ1) is 10.1. The highest BCUT2D eigenvalue weighted by molar-refractivity contribution is 7.81. The summed E-state index contributed by atoms with van der Waals surface area (Å²) in [5.41, 5.74) is 0. The van der Waals surface area contributed by atoms with Crippen molar-refractivity contribution in [1.82, 2.24) is 0 Å². The van der Waals surface area contributed by atoms with Gasteiger partial charge >= 0.3 is 0 Å². The van der Waals surface area contributed by atoms with Crippen molar-refractivity contribution in [3.05, 3.63) is 0 Å². The van der Waals surface area contributed by atoms with Crippen LogP contribution in [-0.2, 0) is 4.79 Å². The van der Waals surface area contributed by atoms with Crippen molar-refractivity contribution >= 4 is 18.4 Å². The second kappa shape index (κ2) is 3.41. The third kappa shape index (κ3) is 2.25. The van der Waals surface area contributed by atoms with Gasteiger partial charge in [-0.2, -0.15) is 12.6 Å². The Morgan fingerprint density at radius 1 is 1.42 bits per heavy atom. The Labute approximate surface area is 80.3 Å². The SMILES string of the molecule is C[C@H]1CCC(C(C)(C)S)C(=O)C1. The van der Waals surface area contributed by atoms with Crippen molar-refractivity contribution in [3.63, 3.8) is 0 Å². The molecule has 0 N–H and O–H groups in total. The minimum Gasteiger partial charge on any atom is -0.299 e. The number of carbonyl (C=O) groups excluding carboxylic acids is 1. The van der Waals surface area contributed by atoms with Gasteiger partial charge in [-0.1, -0.05) is 20.8 Å². The molecule has 2 atom stereocenters. The molecule has 0 saturated heterocycles. The van der Waals surface area contributed by atoms with Gasteiger partial charge in [0.2, 0.25) is 0 Å². The van der Waals surface area contributed by atoms with Crippen LogP contribution in [0.25, 0.3) is 0 Å². The smallest absolute Gasteiger partial charge is 0.137 e. The minimum atomic E-state index is -0.128. The van der Waals surface area contributed by atoms with Gasteiger partial charge < -0.3 is 0 Å². The number of carbonyl (C=O) groups is 1. The van der Waals surface area contributed by atoms with Crippen LogP contribution >= 0.6 is 12.6 Å². The molecule has 0 spiro atoms. The van der Waals surface area contributed by atoms with Crippen LogP contribution in [0.2, 0.25) is 0 Å². The second-order valence-electron chi connectivity index (χ2n) is 4.56. The molecule has 1 fully saturated rings. The molecule has 1 unspecified atom stereocenters. The lowest BCUT2D eigenvalue weighted by Crippen LogP contribution is -2.36. The zero-order chi connectivity index (χ0) is 9.35. The van der Waals surface area contributed by atoms with E-state index in [2.05, 4.69) is 19.6 Å². The van der Waals surface area contributed by atoms with Crippen molar-refractivity contribution in [2.45, 2.75) is 44.8 Å². The maximum atomic E-state index is 11.6. The van der Waals surface area contributed by atoms with Crippen LogP contribution in [-0.4, -0.2) is 10.5 Å². The van der Waals surface area contributed by atoms with Gasteiger partial charge in [-0.3, -0.25) is 4.79 Å². The van der Waals surface area contributed by atoms with Gasteiger partial charge in [0.1, 0.15) is 5.78 Å². The summed E-state index contributed by atoms with van der Waals surface area (Å²) in [6.07, 6.45) is 2.96. The van der Waals surface area contributed by atoms with Crippen LogP contribution in [0, 0.1) is 11.8 Å². The Bertz CT molecular complexity index is 181. The molecule has 0 aliphatic heterocycles. The lowest BCUT2D eigenvalue weighted by molar-refractivity contribution is -0.126. The molecular weight excluding hydrogens is 168 g/mol. The van der Waals surface area contributed by atoms with Gasteiger partial charge in [0.15, 0.2) is 0 Å². The van der Waals surface area contributed by atoms with Gasteiger partial charge in [0.25, 0.3) is 0 Å². The predicted molar refractivity (Wildman–Crippen MR) is 54.6 cm³/mol. The second-order valence-corrected chi connectivity index (χ2v) is 5.71. The van der Waals surface area contributed by atoms with E-state index in [0.717, 1.165) is 12.8 Å². The summed E-state index contributed by atoms with van der Waals surface area (Å²) in [4.78, 5) is 11.6. The molecule has 0 aromatic heterocycles. The number of Topliss-reactive ketones (excluding diaryl/α,β-unsaturated/α-hetero) is 1. The van der Waals surface area contributed by atoms with Crippen molar-refractivity contribution in [3.8, 4) is 0 Å². The molecule has 0 aromatic carbocycles. The van der Waals surface area contributed by atoms with Crippen molar-refractivity contribution in [2.75, 3.05) is 0 Å². The van der Waals surface area contributed by atoms with Crippen LogP contribution in [0.5, 0.6) is 0 Å². The highest BCUT2D eigenvalue weighted by Gasteiger charge is 2.35. The Morgan fingerprint density at radius 2 is 2.00 bits per heavy atom. The van der Waals surface area contributed by atoms with Gasteiger partial charge in [-0.05, 0) is 18.8 Å². The summed E-state index contributed by atoms with van der Waals surface area (Å²) in [6.45, 7) is 6.23. The molecule has 0 amide bonds. The first-order valence-electron chi connectivity index (χ1n) is 4.66. The van der Waals surface area contributed by atoms with Crippen LogP contribution in [0.4, 0.5) is 0 Å². The fourth-order valence-corrected chi connectivity index (χ4v) is 2.22. The fraction of sp³-hybridized carbons (Fsp3) is 0.900. The van der Waals surface area contributed by atoms with Crippen LogP contribution < -0.4 is 0 Å². The average Bonchev–Trinajstić information content (AvgIpc) is 1.83. The average molecular weight is 186 g/mol. The van der Waals surface area contributed by atoms with E-state index in [-0.39, 0.29) is 10.7 Å². The summed E-state index contributed by atoms with van der Waals surface area (Å²) < 4.78 is -0.128. The Morgan fingerprint density at radius 3 is 2.42 bits per heavy atom. The van der Waals surface area contributed by atoms with E-state index in [9.17, 15) is 4.79 Å². The Balaban J connectivity index is 2.63. The van der Waals surface area contributed by atoms with E-state index < -0.39 is 0 Å². The molecule has 1 saturated carbocycles. The molecule has 12 heavy (non-hydrogen) atoms. The number of ketones is 1. The normalized spacial score (nSPS) is 32.2. The van der Waals surface area contributed by atoms with Crippen molar-refractivity contribution in [1.29, 1.82) is 0 Å². The Hall–Kier alpha value is 0.0200. The van der Waals surface area contributed by atoms with Gasteiger partial charge in [0, 0.05) is 17.1 Å². The maximum absolute atomic E-state index is 11.6. The molecule has 2 heteroatoms. The minimum absolute atomic E-state index is 0.128. The van der Waals surface area contributed by atoms with Gasteiger partial charge in [-0.25, -0.2) is 0 Å². The number of hydrogen-bond acceptors (Lipinski definition) is 2. The lowest BCUT2D eigenvalue weighted by atomic mass is 9.76. The highest BCUT2D eigenvalue weighted by atomic mass is 32.1. The van der Waals surface area contributed by atoms with E-state index in [1.165, 1.54) is 6.42 Å². The zero-order valence-electron chi connectivity index (χ0n) is 8.13. The first-order valence-corrected chi connectivity index (χ1v) is 5.11. The summed E-state index contributed by atoms with van der Waals surface area (Å²) in [6, 6.07) is 0. The van der Waals surface area contributed by atoms with Gasteiger partial charge in [0.05, 0.1) is 0 Å². The molecule has 70 valence electrons. The summed E-state index contributed by atoms with van der Waals surface area (Å²) >= 11 is 4.47. The lowest BCUT2D eigenvalue weighted by Gasteiger charge is -2.33. The molecule has 0 heterocycles. The first-order chi connectivity index (χ1) is 5.41. The number of hydrogen-bond donors (Lipinski definition) is 1. The molecule has 0 aromatic rings. The predicted octanol–water partition coefficient (Wildman–Crippen LogP) is 2.70. The maximum Gasteiger partial charge on any atom is 0.137 e. The number of rotatable bonds is 1. The van der Waals surface area contributed by atoms with Crippen LogP contribution in [0.1, 0.15) is 40.0 Å². The third-order valence-electron chi connectivity index (χ3n) is 2.74. The monoisotopic (exact) mass is 186 g/mol. The van der Waals surface area contributed by atoms with E-state index in [0.29, 0.717) is 11.7 Å². The summed E-state index contributed by atoms with van der Waals surface area (Å²) in [5, 5.41) is 0. The van der Waals surface area contributed by atoms with Crippen LogP contribution in [0.3, 0.4) is 0 Å². The molecule has 1 rings (SSSR count). The molecule has 0 radical (unpaired) electrons. The fourth-order valence-electron chi connectivity index (χ4n) is 1.95. The van der Waals surface area contributed by atoms with E-state index in [1.54, 1.807) is 0 Å². The third-order valence-corrected chi connectivity index (χ3v) is 3.05. The largest absolute Gasteiger partial charge is 0.299 e. The molecule has 1 aliphatic carbocycles. The van der Waals surface area contributed by atoms with E-state index in [4.69, 9.17) is 0 Å². The number of thiol groups is 1. The molecule has 0 bridgehead atoms. The highest BCUT2D eigenvalue weighted by Crippen LogP contribution is 2.35. The van der Waals surface area contributed by atoms with Gasteiger partial charge in [-0.15, -0.1) is 0 Å². The van der Waals surface area contributed by atoms with Crippen molar-refractivity contribution < 1.29 is 4.79 Å². The van der Waals surface area contributed by atoms with Crippen molar-refractivity contribution in [2.24, 2.45) is 11.8 Å². The van der Waals surface area contributed by atoms with E-state index in [1.807, 2.05) is 13.8 Å². The standard InChI is InChI=1S/C10H18OS/c1-7-4-5-8(9(11)6-7)10(2,3)12/h7-8,12H,4-6H2,1-3H3/t7-,8?/m0/s1. The summed E-state index contributed by atoms with van der Waals surface area (Å²) in [5.74, 6) is 1.18. The molecular formula is C10H18OS.